The van der Waals surface area contributed by atoms with Gasteiger partial charge in [0.1, 0.15) is 11.5 Å². The molecule has 0 aliphatic rings. The second-order valence-corrected chi connectivity index (χ2v) is 6.95. The van der Waals surface area contributed by atoms with E-state index in [-0.39, 0.29) is 6.79 Å². The summed E-state index contributed by atoms with van der Waals surface area (Å²) in [6.07, 6.45) is 2.66. The molecule has 166 valence electrons. The molecule has 33 heavy (non-hydrogen) atoms. The Labute approximate surface area is 193 Å². The van der Waals surface area contributed by atoms with Crippen molar-refractivity contribution in [3.63, 3.8) is 0 Å². The van der Waals surface area contributed by atoms with E-state index in [2.05, 4.69) is 42.7 Å². The second kappa shape index (κ2) is 11.9. The van der Waals surface area contributed by atoms with E-state index in [0.717, 1.165) is 30.0 Å². The van der Waals surface area contributed by atoms with E-state index in [1.54, 1.807) is 36.4 Å². The van der Waals surface area contributed by atoms with Crippen LogP contribution < -0.4 is 9.47 Å². The quantitative estimate of drug-likeness (QED) is 0.150. The smallest absolute Gasteiger partial charge is 0.343 e. The monoisotopic (exact) mass is 440 g/mol. The number of ether oxygens (including phenoxy) is 3. The highest BCUT2D eigenvalue weighted by atomic mass is 16.7. The van der Waals surface area contributed by atoms with Crippen LogP contribution in [0.15, 0.2) is 85.5 Å². The van der Waals surface area contributed by atoms with Crippen LogP contribution in [-0.2, 0) is 16.0 Å². The summed E-state index contributed by atoms with van der Waals surface area (Å²) >= 11 is 0. The number of esters is 2. The maximum atomic E-state index is 12.5. The third-order valence-electron chi connectivity index (χ3n) is 4.63. The van der Waals surface area contributed by atoms with Gasteiger partial charge in [0.2, 0.25) is 6.79 Å². The van der Waals surface area contributed by atoms with Crippen LogP contribution in [-0.4, -0.2) is 18.7 Å². The van der Waals surface area contributed by atoms with Crippen molar-refractivity contribution in [2.45, 2.75) is 19.8 Å². The van der Waals surface area contributed by atoms with Crippen LogP contribution in [0.4, 0.5) is 0 Å². The van der Waals surface area contributed by atoms with Gasteiger partial charge in [0, 0.05) is 18.9 Å². The SMILES string of the molecule is C=CC(=O)OCOc1ccc(OC(=O)c2ccc(-c3ccc(CC#CCC)cc3)cc2)cc1. The fourth-order valence-electron chi connectivity index (χ4n) is 2.89. The molecule has 0 saturated heterocycles. The minimum absolute atomic E-state index is 0.230. The van der Waals surface area contributed by atoms with Gasteiger partial charge in [-0.3, -0.25) is 0 Å². The lowest BCUT2D eigenvalue weighted by molar-refractivity contribution is -0.144. The average Bonchev–Trinajstić information content (AvgIpc) is 2.85. The van der Waals surface area contributed by atoms with Gasteiger partial charge >= 0.3 is 11.9 Å². The fourth-order valence-corrected chi connectivity index (χ4v) is 2.89. The minimum atomic E-state index is -0.569. The van der Waals surface area contributed by atoms with Crippen LogP contribution in [0, 0.1) is 11.8 Å². The zero-order valence-electron chi connectivity index (χ0n) is 18.4. The molecule has 0 aliphatic carbocycles. The highest BCUT2D eigenvalue weighted by Crippen LogP contribution is 2.22. The maximum absolute atomic E-state index is 12.5. The largest absolute Gasteiger partial charge is 0.457 e. The van der Waals surface area contributed by atoms with Crippen molar-refractivity contribution < 1.29 is 23.8 Å². The molecule has 0 heterocycles. The first-order valence-electron chi connectivity index (χ1n) is 10.5. The van der Waals surface area contributed by atoms with Crippen molar-refractivity contribution in [1.29, 1.82) is 0 Å². The Morgan fingerprint density at radius 3 is 2.06 bits per heavy atom. The van der Waals surface area contributed by atoms with Crippen LogP contribution in [0.3, 0.4) is 0 Å². The van der Waals surface area contributed by atoms with Gasteiger partial charge in [-0.05, 0) is 53.1 Å². The van der Waals surface area contributed by atoms with Gasteiger partial charge in [0.25, 0.3) is 0 Å². The number of hydrogen-bond donors (Lipinski definition) is 0. The van der Waals surface area contributed by atoms with Crippen molar-refractivity contribution in [3.05, 3.63) is 96.6 Å². The lowest BCUT2D eigenvalue weighted by Crippen LogP contribution is -2.09. The van der Waals surface area contributed by atoms with Gasteiger partial charge in [-0.15, -0.1) is 5.92 Å². The summed E-state index contributed by atoms with van der Waals surface area (Å²) in [6.45, 7) is 5.11. The highest BCUT2D eigenvalue weighted by molar-refractivity contribution is 5.91. The van der Waals surface area contributed by atoms with E-state index in [4.69, 9.17) is 14.2 Å². The Kier molecular flexibility index (Phi) is 8.44. The molecular formula is C28H24O5. The third-order valence-corrected chi connectivity index (χ3v) is 4.63. The molecule has 0 atom stereocenters. The summed E-state index contributed by atoms with van der Waals surface area (Å²) in [5.74, 6) is 6.03. The number of benzene rings is 3. The molecule has 0 fully saturated rings. The summed E-state index contributed by atoms with van der Waals surface area (Å²) in [4.78, 5) is 23.5. The fraction of sp³-hybridized carbons (Fsp3) is 0.143. The van der Waals surface area contributed by atoms with E-state index < -0.39 is 11.9 Å². The number of rotatable bonds is 8. The van der Waals surface area contributed by atoms with Gasteiger partial charge < -0.3 is 14.2 Å². The lowest BCUT2D eigenvalue weighted by atomic mass is 10.0. The standard InChI is InChI=1S/C28H24O5/c1-3-5-6-7-21-8-10-22(11-9-21)23-12-14-24(15-13-23)28(30)33-26-18-16-25(17-19-26)31-20-32-27(29)4-2/h4,8-19H,2-3,7,20H2,1H3. The molecule has 0 aromatic heterocycles. The lowest BCUT2D eigenvalue weighted by Gasteiger charge is -2.08. The molecule has 3 aromatic rings. The summed E-state index contributed by atoms with van der Waals surface area (Å²) in [6, 6.07) is 21.9. The van der Waals surface area contributed by atoms with E-state index >= 15 is 0 Å². The molecule has 0 bridgehead atoms. The van der Waals surface area contributed by atoms with Crippen molar-refractivity contribution in [2.24, 2.45) is 0 Å². The van der Waals surface area contributed by atoms with Crippen LogP contribution >= 0.6 is 0 Å². The molecule has 5 heteroatoms. The molecule has 3 rings (SSSR count). The number of hydrogen-bond acceptors (Lipinski definition) is 5. The summed E-state index contributed by atoms with van der Waals surface area (Å²) in [7, 11) is 0. The van der Waals surface area contributed by atoms with Crippen LogP contribution in [0.2, 0.25) is 0 Å². The molecule has 0 N–H and O–H groups in total. The molecule has 0 unspecified atom stereocenters. The zero-order valence-corrected chi connectivity index (χ0v) is 18.4. The summed E-state index contributed by atoms with van der Waals surface area (Å²) in [5, 5.41) is 0. The zero-order chi connectivity index (χ0) is 23.5. The highest BCUT2D eigenvalue weighted by Gasteiger charge is 2.09. The van der Waals surface area contributed by atoms with Crippen LogP contribution in [0.1, 0.15) is 29.3 Å². The van der Waals surface area contributed by atoms with Gasteiger partial charge in [0.15, 0.2) is 0 Å². The number of carbonyl (C=O) groups excluding carboxylic acids is 2. The normalized spacial score (nSPS) is 9.85. The average molecular weight is 440 g/mol. The Morgan fingerprint density at radius 2 is 1.45 bits per heavy atom. The van der Waals surface area contributed by atoms with Gasteiger partial charge in [-0.2, -0.15) is 0 Å². The Hall–Kier alpha value is -4.30. The van der Waals surface area contributed by atoms with E-state index in [0.29, 0.717) is 17.1 Å². The topological polar surface area (TPSA) is 61.8 Å². The van der Waals surface area contributed by atoms with Crippen molar-refractivity contribution in [2.75, 3.05) is 6.79 Å². The van der Waals surface area contributed by atoms with Crippen LogP contribution in [0.25, 0.3) is 11.1 Å². The summed E-state index contributed by atoms with van der Waals surface area (Å²) < 4.78 is 15.4. The maximum Gasteiger partial charge on any atom is 0.343 e. The third kappa shape index (κ3) is 7.12. The van der Waals surface area contributed by atoms with Gasteiger partial charge in [-0.1, -0.05) is 55.8 Å². The molecule has 3 aromatic carbocycles. The minimum Gasteiger partial charge on any atom is -0.457 e. The van der Waals surface area contributed by atoms with Crippen LogP contribution in [0.5, 0.6) is 11.5 Å². The molecular weight excluding hydrogens is 416 g/mol. The Morgan fingerprint density at radius 1 is 0.848 bits per heavy atom. The van der Waals surface area contributed by atoms with Gasteiger partial charge in [0.05, 0.1) is 5.56 Å². The molecule has 0 saturated carbocycles. The van der Waals surface area contributed by atoms with E-state index in [1.165, 1.54) is 5.56 Å². The molecule has 0 amide bonds. The molecule has 5 nitrogen and oxygen atoms in total. The molecule has 0 spiro atoms. The van der Waals surface area contributed by atoms with Crippen molar-refractivity contribution in [3.8, 4) is 34.5 Å². The van der Waals surface area contributed by atoms with Crippen molar-refractivity contribution >= 4 is 11.9 Å². The van der Waals surface area contributed by atoms with E-state index in [9.17, 15) is 9.59 Å². The predicted octanol–water partition coefficient (Wildman–Crippen LogP) is 5.59. The van der Waals surface area contributed by atoms with Crippen molar-refractivity contribution in [1.82, 2.24) is 0 Å². The first kappa shape index (κ1) is 23.4. The predicted molar refractivity (Wildman–Crippen MR) is 127 cm³/mol. The Balaban J connectivity index is 1.55. The summed E-state index contributed by atoms with van der Waals surface area (Å²) in [5.41, 5.74) is 3.70. The first-order valence-corrected chi connectivity index (χ1v) is 10.5. The first-order chi connectivity index (χ1) is 16.1. The molecule has 0 radical (unpaired) electrons. The van der Waals surface area contributed by atoms with E-state index in [1.807, 2.05) is 19.1 Å². The Bertz CT molecular complexity index is 1150. The second-order valence-electron chi connectivity index (χ2n) is 6.95. The molecule has 0 aliphatic heterocycles. The number of carbonyl (C=O) groups is 2. The van der Waals surface area contributed by atoms with Gasteiger partial charge in [-0.25, -0.2) is 9.59 Å².